The monoisotopic (exact) mass is 268 g/mol. The number of aliphatic hydroxyl groups is 4. The summed E-state index contributed by atoms with van der Waals surface area (Å²) in [5.41, 5.74) is 0.863. The van der Waals surface area contributed by atoms with Gasteiger partial charge in [-0.2, -0.15) is 0 Å². The third kappa shape index (κ3) is 3.17. The molecule has 19 heavy (non-hydrogen) atoms. The minimum atomic E-state index is -2.77. The lowest BCUT2D eigenvalue weighted by Crippen LogP contribution is -2.60. The lowest BCUT2D eigenvalue weighted by atomic mass is 9.85. The van der Waals surface area contributed by atoms with E-state index >= 15 is 0 Å². The van der Waals surface area contributed by atoms with Crippen LogP contribution in [0.2, 0.25) is 0 Å². The number of benzene rings is 1. The molecule has 0 bridgehead atoms. The molecule has 6 nitrogen and oxygen atoms in total. The maximum absolute atomic E-state index is 11.3. The molecule has 1 saturated carbocycles. The minimum Gasteiger partial charge on any atom is -0.373 e. The zero-order chi connectivity index (χ0) is 14.1. The van der Waals surface area contributed by atoms with Crippen LogP contribution in [0.3, 0.4) is 0 Å². The summed E-state index contributed by atoms with van der Waals surface area (Å²) in [6.07, 6.45) is -1.61. The number of carbonyl (C=O) groups excluding carboxylic acids is 1. The Morgan fingerprint density at radius 1 is 1.05 bits per heavy atom. The first kappa shape index (κ1) is 14.1. The molecule has 1 aromatic carbocycles. The molecule has 2 rings (SSSR count). The molecule has 1 aromatic rings. The number of hydrogen-bond donors (Lipinski definition) is 4. The predicted octanol–water partition coefficient (Wildman–Crippen LogP) is -0.704. The smallest absolute Gasteiger partial charge is 0.250 e. The van der Waals surface area contributed by atoms with Gasteiger partial charge in [-0.25, -0.2) is 0 Å². The number of Topliss-reactive ketones (excluding diaryl/α,β-unsaturated/α-hetero) is 1. The van der Waals surface area contributed by atoms with Gasteiger partial charge in [0.2, 0.25) is 17.4 Å². The molecule has 1 aliphatic carbocycles. The van der Waals surface area contributed by atoms with E-state index in [0.29, 0.717) is 0 Å². The van der Waals surface area contributed by atoms with E-state index in [2.05, 4.69) is 0 Å². The van der Waals surface area contributed by atoms with Crippen molar-refractivity contribution in [3.63, 3.8) is 0 Å². The van der Waals surface area contributed by atoms with Crippen LogP contribution in [0.15, 0.2) is 30.3 Å². The van der Waals surface area contributed by atoms with Gasteiger partial charge in [0.1, 0.15) is 0 Å². The molecule has 104 valence electrons. The Kier molecular flexibility index (Phi) is 3.71. The van der Waals surface area contributed by atoms with E-state index in [4.69, 9.17) is 4.74 Å². The Morgan fingerprint density at radius 3 is 2.11 bits per heavy atom. The topological polar surface area (TPSA) is 107 Å². The molecule has 4 N–H and O–H groups in total. The molecule has 0 aliphatic heterocycles. The second-order valence-corrected chi connectivity index (χ2v) is 4.79. The highest BCUT2D eigenvalue weighted by molar-refractivity contribution is 5.92. The fourth-order valence-corrected chi connectivity index (χ4v) is 2.12. The van der Waals surface area contributed by atoms with Gasteiger partial charge in [-0.1, -0.05) is 30.3 Å². The standard InChI is InChI=1S/C13H16O6/c14-11-12(15,16)6-10(7-13(11,17)18)19-8-9-4-2-1-3-5-9/h1-5,10,15-18H,6-8H2. The van der Waals surface area contributed by atoms with Crippen molar-refractivity contribution in [1.82, 2.24) is 0 Å². The summed E-state index contributed by atoms with van der Waals surface area (Å²) in [6.45, 7) is 0.186. The van der Waals surface area contributed by atoms with Gasteiger partial charge in [-0.05, 0) is 5.56 Å². The van der Waals surface area contributed by atoms with E-state index < -0.39 is 23.5 Å². The minimum absolute atomic E-state index is 0.186. The first-order chi connectivity index (χ1) is 8.81. The van der Waals surface area contributed by atoms with Crippen LogP contribution < -0.4 is 0 Å². The first-order valence-electron chi connectivity index (χ1n) is 5.91. The van der Waals surface area contributed by atoms with Gasteiger partial charge in [0.15, 0.2) is 0 Å². The molecule has 1 fully saturated rings. The van der Waals surface area contributed by atoms with Gasteiger partial charge in [0.05, 0.1) is 12.7 Å². The van der Waals surface area contributed by atoms with Gasteiger partial charge in [0, 0.05) is 12.8 Å². The van der Waals surface area contributed by atoms with Gasteiger partial charge in [-0.3, -0.25) is 4.79 Å². The molecule has 0 spiro atoms. The van der Waals surface area contributed by atoms with Crippen molar-refractivity contribution in [3.05, 3.63) is 35.9 Å². The van der Waals surface area contributed by atoms with Crippen LogP contribution in [0.5, 0.6) is 0 Å². The molecule has 0 aromatic heterocycles. The normalized spacial score (nSPS) is 22.4. The van der Waals surface area contributed by atoms with Crippen molar-refractivity contribution in [2.45, 2.75) is 37.1 Å². The average Bonchev–Trinajstić information content (AvgIpc) is 2.34. The molecule has 0 heterocycles. The molecule has 0 amide bonds. The predicted molar refractivity (Wildman–Crippen MR) is 63.6 cm³/mol. The van der Waals surface area contributed by atoms with Crippen LogP contribution in [0.1, 0.15) is 18.4 Å². The van der Waals surface area contributed by atoms with Crippen LogP contribution >= 0.6 is 0 Å². The molecule has 6 heteroatoms. The number of hydrogen-bond acceptors (Lipinski definition) is 6. The van der Waals surface area contributed by atoms with Crippen LogP contribution in [0.25, 0.3) is 0 Å². The van der Waals surface area contributed by atoms with Gasteiger partial charge in [0.25, 0.3) is 0 Å². The van der Waals surface area contributed by atoms with Crippen LogP contribution in [0.4, 0.5) is 0 Å². The largest absolute Gasteiger partial charge is 0.373 e. The van der Waals surface area contributed by atoms with Crippen molar-refractivity contribution in [1.29, 1.82) is 0 Å². The quantitative estimate of drug-likeness (QED) is 0.540. The van der Waals surface area contributed by atoms with E-state index in [0.717, 1.165) is 5.56 Å². The van der Waals surface area contributed by atoms with E-state index in [1.165, 1.54) is 0 Å². The zero-order valence-corrected chi connectivity index (χ0v) is 10.2. The van der Waals surface area contributed by atoms with Crippen LogP contribution in [0, 0.1) is 0 Å². The van der Waals surface area contributed by atoms with Crippen molar-refractivity contribution >= 4 is 5.78 Å². The van der Waals surface area contributed by atoms with Gasteiger partial charge in [-0.15, -0.1) is 0 Å². The lowest BCUT2D eigenvalue weighted by Gasteiger charge is -2.38. The maximum Gasteiger partial charge on any atom is 0.250 e. The van der Waals surface area contributed by atoms with Gasteiger partial charge < -0.3 is 25.2 Å². The second kappa shape index (κ2) is 4.99. The number of ether oxygens (including phenoxy) is 1. The second-order valence-electron chi connectivity index (χ2n) is 4.79. The van der Waals surface area contributed by atoms with Crippen molar-refractivity contribution < 1.29 is 30.0 Å². The first-order valence-corrected chi connectivity index (χ1v) is 5.91. The van der Waals surface area contributed by atoms with Crippen molar-refractivity contribution in [2.75, 3.05) is 0 Å². The maximum atomic E-state index is 11.3. The summed E-state index contributed by atoms with van der Waals surface area (Å²) in [5, 5.41) is 37.8. The molecule has 0 saturated heterocycles. The molecule has 0 atom stereocenters. The fourth-order valence-electron chi connectivity index (χ4n) is 2.12. The Bertz CT molecular complexity index is 433. The summed E-state index contributed by atoms with van der Waals surface area (Å²) in [5.74, 6) is -6.97. The van der Waals surface area contributed by atoms with Gasteiger partial charge >= 0.3 is 0 Å². The van der Waals surface area contributed by atoms with Crippen molar-refractivity contribution in [2.24, 2.45) is 0 Å². The summed E-state index contributed by atoms with van der Waals surface area (Å²) >= 11 is 0. The van der Waals surface area contributed by atoms with Crippen molar-refractivity contribution in [3.8, 4) is 0 Å². The highest BCUT2D eigenvalue weighted by Crippen LogP contribution is 2.31. The molecular formula is C13H16O6. The highest BCUT2D eigenvalue weighted by atomic mass is 16.6. The number of ketones is 1. The summed E-state index contributed by atoms with van der Waals surface area (Å²) in [4.78, 5) is 11.3. The number of carbonyl (C=O) groups is 1. The Labute approximate surface area is 109 Å². The third-order valence-electron chi connectivity index (χ3n) is 3.08. The Balaban J connectivity index is 2.00. The summed E-state index contributed by atoms with van der Waals surface area (Å²) in [7, 11) is 0. The van der Waals surface area contributed by atoms with Crippen LogP contribution in [-0.2, 0) is 16.1 Å². The average molecular weight is 268 g/mol. The Morgan fingerprint density at radius 2 is 1.58 bits per heavy atom. The van der Waals surface area contributed by atoms with E-state index in [9.17, 15) is 25.2 Å². The summed E-state index contributed by atoms with van der Waals surface area (Å²) < 4.78 is 5.40. The van der Waals surface area contributed by atoms with E-state index in [1.807, 2.05) is 30.3 Å². The molecule has 0 radical (unpaired) electrons. The fraction of sp³-hybridized carbons (Fsp3) is 0.462. The van der Waals surface area contributed by atoms with E-state index in [-0.39, 0.29) is 19.4 Å². The Hall–Kier alpha value is -1.31. The molecular weight excluding hydrogens is 252 g/mol. The molecule has 1 aliphatic rings. The SMILES string of the molecule is O=C1C(O)(O)CC(OCc2ccccc2)CC1(O)O. The molecule has 0 unspecified atom stereocenters. The van der Waals surface area contributed by atoms with Crippen LogP contribution in [-0.4, -0.2) is 43.9 Å². The lowest BCUT2D eigenvalue weighted by molar-refractivity contribution is -0.266. The van der Waals surface area contributed by atoms with E-state index in [1.54, 1.807) is 0 Å². The number of rotatable bonds is 3. The summed E-state index contributed by atoms with van der Waals surface area (Å²) in [6, 6.07) is 9.15. The third-order valence-corrected chi connectivity index (χ3v) is 3.08. The highest BCUT2D eigenvalue weighted by Gasteiger charge is 2.54. The zero-order valence-electron chi connectivity index (χ0n) is 10.2.